The van der Waals surface area contributed by atoms with E-state index in [9.17, 15) is 19.5 Å². The Morgan fingerprint density at radius 2 is 1.83 bits per heavy atom. The molecule has 48 heavy (non-hydrogen) atoms. The summed E-state index contributed by atoms with van der Waals surface area (Å²) in [5.74, 6) is -1.07. The van der Waals surface area contributed by atoms with Crippen molar-refractivity contribution < 1.29 is 28.3 Å². The fourth-order valence-electron chi connectivity index (χ4n) is 7.74. The Morgan fingerprint density at radius 1 is 1.10 bits per heavy atom. The molecule has 3 aromatic rings. The highest BCUT2D eigenvalue weighted by molar-refractivity contribution is 9.10. The van der Waals surface area contributed by atoms with Crippen LogP contribution in [0, 0.1) is 5.92 Å². The van der Waals surface area contributed by atoms with Gasteiger partial charge in [0.1, 0.15) is 0 Å². The molecule has 0 unspecified atom stereocenters. The zero-order valence-electron chi connectivity index (χ0n) is 27.5. The van der Waals surface area contributed by atoms with Crippen molar-refractivity contribution in [3.8, 4) is 0 Å². The van der Waals surface area contributed by atoms with E-state index < -0.39 is 31.6 Å². The fourth-order valence-corrected chi connectivity index (χ4v) is 10.6. The summed E-state index contributed by atoms with van der Waals surface area (Å²) in [4.78, 5) is 46.0. The van der Waals surface area contributed by atoms with Crippen LogP contribution >= 0.6 is 15.9 Å². The quantitative estimate of drug-likeness (QED) is 0.222. The number of benzene rings is 3. The van der Waals surface area contributed by atoms with Crippen molar-refractivity contribution >= 4 is 53.4 Å². The number of hydrogen-bond donors (Lipinski definition) is 2. The van der Waals surface area contributed by atoms with Crippen LogP contribution in [0.15, 0.2) is 77.3 Å². The molecule has 6 rings (SSSR count). The van der Waals surface area contributed by atoms with Crippen LogP contribution in [0.5, 0.6) is 0 Å². The first kappa shape index (κ1) is 34.4. The number of hydrogen-bond acceptors (Lipinski definition) is 6. The highest BCUT2D eigenvalue weighted by Gasteiger charge is 2.67. The predicted octanol–water partition coefficient (Wildman–Crippen LogP) is 5.12. The number of carbonyl (C=O) groups is 3. The van der Waals surface area contributed by atoms with Crippen molar-refractivity contribution in [2.45, 2.75) is 56.8 Å². The number of halogens is 2. The minimum Gasteiger partial charge on any atom is -0.395 e. The van der Waals surface area contributed by atoms with E-state index in [2.05, 4.69) is 21.2 Å². The van der Waals surface area contributed by atoms with Crippen molar-refractivity contribution in [3.63, 3.8) is 0 Å². The van der Waals surface area contributed by atoms with Crippen molar-refractivity contribution in [1.82, 2.24) is 10.2 Å². The number of carbonyl (C=O) groups excluding carboxylic acids is 3. The second kappa shape index (κ2) is 13.8. The molecular formula is C36H42BrFN4O5Si. The number of amides is 3. The lowest BCUT2D eigenvalue weighted by molar-refractivity contribution is -0.150. The van der Waals surface area contributed by atoms with Crippen LogP contribution < -0.4 is 15.1 Å². The molecule has 3 heterocycles. The summed E-state index contributed by atoms with van der Waals surface area (Å²) in [5.41, 5.74) is 1.83. The number of anilines is 2. The van der Waals surface area contributed by atoms with Gasteiger partial charge in [-0.25, -0.2) is 0 Å². The van der Waals surface area contributed by atoms with E-state index in [1.54, 1.807) is 27.8 Å². The largest absolute Gasteiger partial charge is 0.395 e. The van der Waals surface area contributed by atoms with E-state index in [0.717, 1.165) is 27.8 Å². The van der Waals surface area contributed by atoms with Gasteiger partial charge >= 0.3 is 0 Å². The first-order valence-corrected chi connectivity index (χ1v) is 20.2. The zero-order valence-corrected chi connectivity index (χ0v) is 30.1. The normalized spacial score (nSPS) is 24.0. The van der Waals surface area contributed by atoms with Crippen LogP contribution in [0.3, 0.4) is 0 Å². The molecule has 254 valence electrons. The summed E-state index contributed by atoms with van der Waals surface area (Å²) < 4.78 is 23.9. The Bertz CT molecular complexity index is 1670. The molecule has 4 atom stereocenters. The Morgan fingerprint density at radius 3 is 2.50 bits per heavy atom. The molecule has 2 saturated heterocycles. The van der Waals surface area contributed by atoms with Crippen LogP contribution in [0.1, 0.15) is 30.0 Å². The minimum atomic E-state index is -3.49. The average Bonchev–Trinajstić information content (AvgIpc) is 3.48. The first-order valence-electron chi connectivity index (χ1n) is 16.5. The third-order valence-electron chi connectivity index (χ3n) is 9.92. The summed E-state index contributed by atoms with van der Waals surface area (Å²) in [6.45, 7) is 7.21. The monoisotopic (exact) mass is 736 g/mol. The number of nitrogens with one attached hydrogen (secondary N) is 1. The number of rotatable bonds is 10. The topological polar surface area (TPSA) is 102 Å². The van der Waals surface area contributed by atoms with E-state index in [-0.39, 0.29) is 43.8 Å². The maximum absolute atomic E-state index is 16.4. The van der Waals surface area contributed by atoms with E-state index >= 15 is 4.11 Å². The Labute approximate surface area is 290 Å². The summed E-state index contributed by atoms with van der Waals surface area (Å²) in [6, 6.07) is 22.8. The van der Waals surface area contributed by atoms with Crippen LogP contribution in [0.4, 0.5) is 15.5 Å². The van der Waals surface area contributed by atoms with Crippen molar-refractivity contribution in [3.05, 3.63) is 94.0 Å². The molecule has 3 amide bonds. The molecule has 0 saturated carbocycles. The minimum absolute atomic E-state index is 0.0130. The Kier molecular flexibility index (Phi) is 9.92. The van der Waals surface area contributed by atoms with Gasteiger partial charge in [-0.1, -0.05) is 65.3 Å². The summed E-state index contributed by atoms with van der Waals surface area (Å²) in [5, 5.41) is 12.9. The molecule has 9 nitrogen and oxygen atoms in total. The zero-order chi connectivity index (χ0) is 34.2. The van der Waals surface area contributed by atoms with Crippen molar-refractivity contribution in [2.24, 2.45) is 5.92 Å². The third kappa shape index (κ3) is 6.48. The Balaban J connectivity index is 1.30. The molecule has 2 fully saturated rings. The van der Waals surface area contributed by atoms with Gasteiger partial charge in [0.15, 0.2) is 5.60 Å². The van der Waals surface area contributed by atoms with Gasteiger partial charge in [0.25, 0.3) is 5.91 Å². The lowest BCUT2D eigenvalue weighted by Gasteiger charge is -2.31. The molecule has 0 aromatic heterocycles. The number of piperazine rings is 1. The van der Waals surface area contributed by atoms with Gasteiger partial charge in [0.2, 0.25) is 20.2 Å². The molecule has 0 bridgehead atoms. The summed E-state index contributed by atoms with van der Waals surface area (Å²) >= 11 is 3.58. The highest BCUT2D eigenvalue weighted by atomic mass is 79.9. The number of ether oxygens (including phenoxy) is 1. The standard InChI is InChI=1S/C36H42BrFN4O5Si/c1-24-34(48(2,3)38)31(20-32(44)40(17-18-43)22-25-7-5-4-6-8-25)47-36(24)29-19-27(37)11-14-30(29)42(35(36)46)23-26-9-12-28(13-10-26)41-16-15-39-21-33(41)45/h4-14,19,24,31,34,39,43H,15-18,20-23H2,1-3H3/t24-,31+,34-,36+/m0/s1. The molecule has 12 heteroatoms. The average molecular weight is 738 g/mol. The van der Waals surface area contributed by atoms with Crippen LogP contribution in [0.25, 0.3) is 0 Å². The first-order chi connectivity index (χ1) is 22.9. The lowest BCUT2D eigenvalue weighted by atomic mass is 9.82. The van der Waals surface area contributed by atoms with Gasteiger partial charge < -0.3 is 34.0 Å². The maximum atomic E-state index is 16.4. The second-order valence-corrected chi connectivity index (χ2v) is 18.2. The molecule has 2 N–H and O–H groups in total. The van der Waals surface area contributed by atoms with Crippen LogP contribution in [0.2, 0.25) is 18.6 Å². The van der Waals surface area contributed by atoms with Crippen molar-refractivity contribution in [2.75, 3.05) is 42.6 Å². The molecule has 3 aromatic carbocycles. The van der Waals surface area contributed by atoms with Gasteiger partial charge in [-0.15, -0.1) is 0 Å². The van der Waals surface area contributed by atoms with E-state index in [1.807, 2.05) is 79.7 Å². The van der Waals surface area contributed by atoms with E-state index in [4.69, 9.17) is 4.74 Å². The maximum Gasteiger partial charge on any atom is 0.264 e. The van der Waals surface area contributed by atoms with Gasteiger partial charge in [0, 0.05) is 53.4 Å². The summed E-state index contributed by atoms with van der Waals surface area (Å²) in [6.07, 6.45) is -0.935. The number of aliphatic hydroxyl groups excluding tert-OH is 1. The molecule has 1 spiro atoms. The second-order valence-electron chi connectivity index (χ2n) is 13.4. The fraction of sp³-hybridized carbons (Fsp3) is 0.417. The van der Waals surface area contributed by atoms with Crippen LogP contribution in [-0.2, 0) is 37.8 Å². The number of fused-ring (bicyclic) bond motifs is 2. The lowest BCUT2D eigenvalue weighted by Crippen LogP contribution is -2.48. The van der Waals surface area contributed by atoms with E-state index in [1.165, 1.54) is 0 Å². The van der Waals surface area contributed by atoms with E-state index in [0.29, 0.717) is 30.9 Å². The van der Waals surface area contributed by atoms with Crippen LogP contribution in [-0.4, -0.2) is 75.0 Å². The third-order valence-corrected chi connectivity index (χ3v) is 12.9. The van der Waals surface area contributed by atoms with Gasteiger partial charge in [-0.05, 0) is 54.6 Å². The van der Waals surface area contributed by atoms with Crippen molar-refractivity contribution in [1.29, 1.82) is 0 Å². The molecule has 0 aliphatic carbocycles. The summed E-state index contributed by atoms with van der Waals surface area (Å²) in [7, 11) is -3.49. The molecular weight excluding hydrogens is 695 g/mol. The molecule has 3 aliphatic heterocycles. The number of aliphatic hydroxyl groups is 1. The molecule has 3 aliphatic rings. The van der Waals surface area contributed by atoms with Gasteiger partial charge in [-0.2, -0.15) is 0 Å². The predicted molar refractivity (Wildman–Crippen MR) is 189 cm³/mol. The Hall–Kier alpha value is -3.42. The van der Waals surface area contributed by atoms with Gasteiger partial charge in [-0.3, -0.25) is 14.4 Å². The number of nitrogens with zero attached hydrogens (tertiary/aromatic N) is 3. The SMILES string of the molecule is C[C@H]1[C@H]([Si](C)(C)F)[C@@H](CC(=O)N(CCO)Cc2ccccc2)O[C@]12C(=O)N(Cc1ccc(N3CCNCC3=O)cc1)c1ccc(Br)cc12. The van der Waals surface area contributed by atoms with Gasteiger partial charge in [0.05, 0.1) is 37.9 Å². The molecule has 0 radical (unpaired) electrons. The highest BCUT2D eigenvalue weighted by Crippen LogP contribution is 2.60. The smallest absolute Gasteiger partial charge is 0.264 e.